The Morgan fingerprint density at radius 3 is 2.10 bits per heavy atom. The Morgan fingerprint density at radius 1 is 1.00 bits per heavy atom. The van der Waals surface area contributed by atoms with Gasteiger partial charge in [-0.15, -0.1) is 0 Å². The summed E-state index contributed by atoms with van der Waals surface area (Å²) < 4.78 is 10.4. The number of ether oxygens (including phenoxy) is 2. The topological polar surface area (TPSA) is 71.0 Å². The molecule has 0 aliphatic rings. The van der Waals surface area contributed by atoms with Crippen molar-refractivity contribution in [3.8, 4) is 5.75 Å². The molecule has 2 atom stereocenters. The Kier molecular flexibility index (Phi) is 7.54. The monoisotopic (exact) mass is 283 g/mol. The first kappa shape index (κ1) is 16.9. The van der Waals surface area contributed by atoms with Crippen molar-refractivity contribution in [2.45, 2.75) is 26.1 Å². The van der Waals surface area contributed by atoms with E-state index in [9.17, 15) is 10.2 Å². The first-order valence-electron chi connectivity index (χ1n) is 6.78. The Hall–Kier alpha value is -1.14. The van der Waals surface area contributed by atoms with Crippen molar-refractivity contribution < 1.29 is 19.7 Å². The highest BCUT2D eigenvalue weighted by atomic mass is 16.5. The van der Waals surface area contributed by atoms with Crippen LogP contribution in [0.25, 0.3) is 0 Å². The Bertz CT molecular complexity index is 377. The maximum Gasteiger partial charge on any atom is 0.119 e. The zero-order valence-electron chi connectivity index (χ0n) is 12.4. The van der Waals surface area contributed by atoms with Gasteiger partial charge in [-0.1, -0.05) is 6.07 Å². The Morgan fingerprint density at radius 2 is 1.55 bits per heavy atom. The van der Waals surface area contributed by atoms with Gasteiger partial charge in [0, 0.05) is 20.2 Å². The highest BCUT2D eigenvalue weighted by molar-refractivity contribution is 5.32. The Balaban J connectivity index is 2.24. The summed E-state index contributed by atoms with van der Waals surface area (Å²) in [6.07, 6.45) is -1.18. The lowest BCUT2D eigenvalue weighted by Gasteiger charge is -2.15. The summed E-state index contributed by atoms with van der Waals surface area (Å²) in [6.45, 7) is 5.27. The minimum absolute atomic E-state index is 0.219. The summed E-state index contributed by atoms with van der Waals surface area (Å²) in [5.74, 6) is 0.765. The maximum atomic E-state index is 9.79. The van der Waals surface area contributed by atoms with Gasteiger partial charge >= 0.3 is 0 Å². The highest BCUT2D eigenvalue weighted by Gasteiger charge is 2.08. The van der Waals surface area contributed by atoms with Gasteiger partial charge in [0.05, 0.1) is 12.7 Å². The van der Waals surface area contributed by atoms with Gasteiger partial charge in [-0.2, -0.15) is 0 Å². The molecule has 5 heteroatoms. The molecule has 0 aromatic heterocycles. The lowest BCUT2D eigenvalue weighted by Crippen LogP contribution is -2.37. The molecule has 2 unspecified atom stereocenters. The first-order chi connectivity index (χ1) is 9.51. The van der Waals surface area contributed by atoms with E-state index in [1.54, 1.807) is 0 Å². The summed E-state index contributed by atoms with van der Waals surface area (Å²) in [5, 5.41) is 22.2. The van der Waals surface area contributed by atoms with Crippen molar-refractivity contribution in [1.29, 1.82) is 0 Å². The predicted octanol–water partition coefficient (Wildman–Crippen LogP) is 0.640. The van der Waals surface area contributed by atoms with E-state index in [1.807, 2.05) is 26.0 Å². The number of methoxy groups -OCH3 is 1. The third-order valence-corrected chi connectivity index (χ3v) is 2.76. The zero-order chi connectivity index (χ0) is 15.0. The molecule has 0 spiro atoms. The van der Waals surface area contributed by atoms with E-state index in [0.717, 1.165) is 16.9 Å². The minimum Gasteiger partial charge on any atom is -0.491 e. The van der Waals surface area contributed by atoms with Crippen molar-refractivity contribution in [2.24, 2.45) is 0 Å². The van der Waals surface area contributed by atoms with Crippen LogP contribution >= 0.6 is 0 Å². The lowest BCUT2D eigenvalue weighted by molar-refractivity contribution is 0.0582. The maximum absolute atomic E-state index is 9.79. The van der Waals surface area contributed by atoms with Gasteiger partial charge in [-0.3, -0.25) is 0 Å². The Labute approximate surface area is 120 Å². The van der Waals surface area contributed by atoms with E-state index in [0.29, 0.717) is 13.1 Å². The van der Waals surface area contributed by atoms with Gasteiger partial charge in [0.2, 0.25) is 0 Å². The third kappa shape index (κ3) is 6.86. The molecule has 0 radical (unpaired) electrons. The number of benzene rings is 1. The summed E-state index contributed by atoms with van der Waals surface area (Å²) in [4.78, 5) is 0. The van der Waals surface area contributed by atoms with Crippen molar-refractivity contribution >= 4 is 0 Å². The van der Waals surface area contributed by atoms with Crippen LogP contribution in [0.3, 0.4) is 0 Å². The van der Waals surface area contributed by atoms with Gasteiger partial charge in [-0.25, -0.2) is 0 Å². The fourth-order valence-electron chi connectivity index (χ4n) is 1.94. The second-order valence-electron chi connectivity index (χ2n) is 5.06. The van der Waals surface area contributed by atoms with Crippen molar-refractivity contribution in [3.05, 3.63) is 29.3 Å². The van der Waals surface area contributed by atoms with Gasteiger partial charge in [0.15, 0.2) is 0 Å². The molecule has 114 valence electrons. The second kappa shape index (κ2) is 8.92. The van der Waals surface area contributed by atoms with Gasteiger partial charge < -0.3 is 25.0 Å². The third-order valence-electron chi connectivity index (χ3n) is 2.76. The SMILES string of the molecule is COCC(O)CNCC(O)COc1cc(C)cc(C)c1. The summed E-state index contributed by atoms with van der Waals surface area (Å²) in [7, 11) is 1.54. The van der Waals surface area contributed by atoms with Crippen LogP contribution in [-0.2, 0) is 4.74 Å². The fraction of sp³-hybridized carbons (Fsp3) is 0.600. The largest absolute Gasteiger partial charge is 0.491 e. The number of aliphatic hydroxyl groups excluding tert-OH is 2. The molecule has 0 aliphatic carbocycles. The number of aliphatic hydroxyl groups is 2. The summed E-state index contributed by atoms with van der Waals surface area (Å²) in [5.41, 5.74) is 2.27. The molecule has 20 heavy (non-hydrogen) atoms. The smallest absolute Gasteiger partial charge is 0.119 e. The molecule has 0 heterocycles. The molecule has 0 amide bonds. The molecule has 0 saturated carbocycles. The van der Waals surface area contributed by atoms with E-state index in [-0.39, 0.29) is 13.2 Å². The quantitative estimate of drug-likeness (QED) is 0.620. The molecule has 3 N–H and O–H groups in total. The van der Waals surface area contributed by atoms with E-state index in [1.165, 1.54) is 7.11 Å². The standard InChI is InChI=1S/C15H25NO4/c1-11-4-12(2)6-15(5-11)20-10-14(18)8-16-7-13(17)9-19-3/h4-6,13-14,16-18H,7-10H2,1-3H3. The number of aryl methyl sites for hydroxylation is 2. The summed E-state index contributed by atoms with van der Waals surface area (Å²) >= 11 is 0. The normalized spacial score (nSPS) is 14.1. The fourth-order valence-corrected chi connectivity index (χ4v) is 1.94. The molecule has 0 fully saturated rings. The molecular weight excluding hydrogens is 258 g/mol. The van der Waals surface area contributed by atoms with Gasteiger partial charge in [0.25, 0.3) is 0 Å². The minimum atomic E-state index is -0.620. The van der Waals surface area contributed by atoms with E-state index in [4.69, 9.17) is 9.47 Å². The van der Waals surface area contributed by atoms with Crippen LogP contribution in [0.4, 0.5) is 0 Å². The van der Waals surface area contributed by atoms with Crippen molar-refractivity contribution in [3.63, 3.8) is 0 Å². The van der Waals surface area contributed by atoms with E-state index < -0.39 is 12.2 Å². The average Bonchev–Trinajstić information content (AvgIpc) is 2.35. The van der Waals surface area contributed by atoms with Crippen molar-refractivity contribution in [2.75, 3.05) is 33.4 Å². The van der Waals surface area contributed by atoms with Crippen LogP contribution in [0.15, 0.2) is 18.2 Å². The molecule has 1 aromatic rings. The first-order valence-corrected chi connectivity index (χ1v) is 6.78. The summed E-state index contributed by atoms with van der Waals surface area (Å²) in [6, 6.07) is 5.95. The van der Waals surface area contributed by atoms with E-state index in [2.05, 4.69) is 11.4 Å². The molecular formula is C15H25NO4. The number of nitrogens with one attached hydrogen (secondary N) is 1. The average molecular weight is 283 g/mol. The molecule has 1 rings (SSSR count). The molecule has 0 aliphatic heterocycles. The van der Waals surface area contributed by atoms with Crippen LogP contribution in [0.2, 0.25) is 0 Å². The van der Waals surface area contributed by atoms with Crippen LogP contribution in [0, 0.1) is 13.8 Å². The van der Waals surface area contributed by atoms with E-state index >= 15 is 0 Å². The predicted molar refractivity (Wildman–Crippen MR) is 78.2 cm³/mol. The van der Waals surface area contributed by atoms with Gasteiger partial charge in [0.1, 0.15) is 18.5 Å². The number of hydrogen-bond donors (Lipinski definition) is 3. The molecule has 0 saturated heterocycles. The molecule has 5 nitrogen and oxygen atoms in total. The van der Waals surface area contributed by atoms with Crippen molar-refractivity contribution in [1.82, 2.24) is 5.32 Å². The van der Waals surface area contributed by atoms with Crippen LogP contribution < -0.4 is 10.1 Å². The molecule has 0 bridgehead atoms. The second-order valence-corrected chi connectivity index (χ2v) is 5.06. The highest BCUT2D eigenvalue weighted by Crippen LogP contribution is 2.16. The van der Waals surface area contributed by atoms with Gasteiger partial charge in [-0.05, 0) is 37.1 Å². The number of hydrogen-bond acceptors (Lipinski definition) is 5. The zero-order valence-corrected chi connectivity index (χ0v) is 12.4. The molecule has 1 aromatic carbocycles. The van der Waals surface area contributed by atoms with Crippen LogP contribution in [0.1, 0.15) is 11.1 Å². The van der Waals surface area contributed by atoms with Crippen LogP contribution in [-0.4, -0.2) is 55.8 Å². The van der Waals surface area contributed by atoms with Crippen LogP contribution in [0.5, 0.6) is 5.75 Å². The number of rotatable bonds is 9. The lowest BCUT2D eigenvalue weighted by atomic mass is 10.1.